The van der Waals surface area contributed by atoms with Gasteiger partial charge in [-0.3, -0.25) is 9.78 Å². The second-order valence-corrected chi connectivity index (χ2v) is 3.37. The molecule has 0 spiro atoms. The van der Waals surface area contributed by atoms with Crippen LogP contribution in [0.5, 0.6) is 0 Å². The molecule has 1 unspecified atom stereocenters. The third-order valence-corrected chi connectivity index (χ3v) is 2.18. The molecule has 2 rings (SSSR count). The van der Waals surface area contributed by atoms with Gasteiger partial charge in [-0.15, -0.1) is 0 Å². The summed E-state index contributed by atoms with van der Waals surface area (Å²) in [4.78, 5) is 19.2. The Morgan fingerprint density at radius 1 is 1.53 bits per heavy atom. The number of hydrogen-bond acceptors (Lipinski definition) is 5. The minimum atomic E-state index is -0.797. The van der Waals surface area contributed by atoms with Crippen molar-refractivity contribution in [2.75, 3.05) is 6.54 Å². The predicted octanol–water partition coefficient (Wildman–Crippen LogP) is 0.533. The third kappa shape index (κ3) is 2.88. The Kier molecular flexibility index (Phi) is 3.46. The minimum Gasteiger partial charge on any atom is -0.472 e. The van der Waals surface area contributed by atoms with Gasteiger partial charge >= 0.3 is 0 Å². The van der Waals surface area contributed by atoms with Crippen LogP contribution in [0, 0.1) is 0 Å². The number of amides is 1. The predicted molar refractivity (Wildman–Crippen MR) is 58.0 cm³/mol. The number of furan rings is 1. The van der Waals surface area contributed by atoms with Gasteiger partial charge in [-0.05, 0) is 6.07 Å². The largest absolute Gasteiger partial charge is 0.472 e. The van der Waals surface area contributed by atoms with E-state index in [1.807, 2.05) is 0 Å². The number of carbonyl (C=O) groups is 1. The molecule has 0 radical (unpaired) electrons. The zero-order chi connectivity index (χ0) is 12.1. The molecule has 1 amide bonds. The summed E-state index contributed by atoms with van der Waals surface area (Å²) in [5, 5.41) is 12.2. The van der Waals surface area contributed by atoms with E-state index in [9.17, 15) is 9.90 Å². The van der Waals surface area contributed by atoms with Crippen LogP contribution in [0.3, 0.4) is 0 Å². The second-order valence-electron chi connectivity index (χ2n) is 3.37. The number of carbonyl (C=O) groups excluding carboxylic acids is 1. The lowest BCUT2D eigenvalue weighted by molar-refractivity contribution is 0.0910. The van der Waals surface area contributed by atoms with E-state index in [1.54, 1.807) is 6.07 Å². The van der Waals surface area contributed by atoms with Crippen molar-refractivity contribution in [2.24, 2.45) is 0 Å². The molecule has 2 N–H and O–H groups in total. The zero-order valence-electron chi connectivity index (χ0n) is 8.91. The van der Waals surface area contributed by atoms with Gasteiger partial charge in [-0.1, -0.05) is 0 Å². The number of hydrogen-bond donors (Lipinski definition) is 2. The molecule has 2 heterocycles. The van der Waals surface area contributed by atoms with E-state index in [1.165, 1.54) is 31.1 Å². The van der Waals surface area contributed by atoms with Crippen LogP contribution >= 0.6 is 0 Å². The highest BCUT2D eigenvalue weighted by Gasteiger charge is 2.12. The molecular weight excluding hydrogens is 222 g/mol. The van der Waals surface area contributed by atoms with Crippen molar-refractivity contribution in [3.8, 4) is 0 Å². The Labute approximate surface area is 97.3 Å². The lowest BCUT2D eigenvalue weighted by Gasteiger charge is -2.09. The normalized spacial score (nSPS) is 12.1. The van der Waals surface area contributed by atoms with Crippen LogP contribution in [-0.2, 0) is 0 Å². The Bertz CT molecular complexity index is 470. The standard InChI is InChI=1S/C11H11N3O3/c15-10(8-1-4-17-7-8)6-14-11(16)9-5-12-2-3-13-9/h1-5,7,10,15H,6H2,(H,14,16). The van der Waals surface area contributed by atoms with E-state index in [-0.39, 0.29) is 18.1 Å². The molecule has 2 aromatic rings. The molecule has 6 heteroatoms. The highest BCUT2D eigenvalue weighted by Crippen LogP contribution is 2.11. The molecule has 0 fully saturated rings. The van der Waals surface area contributed by atoms with Crippen LogP contribution in [0.2, 0.25) is 0 Å². The van der Waals surface area contributed by atoms with E-state index in [2.05, 4.69) is 15.3 Å². The molecule has 0 aliphatic carbocycles. The highest BCUT2D eigenvalue weighted by atomic mass is 16.3. The lowest BCUT2D eigenvalue weighted by atomic mass is 10.2. The summed E-state index contributed by atoms with van der Waals surface area (Å²) < 4.78 is 4.83. The fourth-order valence-electron chi connectivity index (χ4n) is 1.28. The van der Waals surface area contributed by atoms with E-state index in [0.29, 0.717) is 5.56 Å². The lowest BCUT2D eigenvalue weighted by Crippen LogP contribution is -2.28. The first-order valence-corrected chi connectivity index (χ1v) is 5.02. The second kappa shape index (κ2) is 5.22. The Morgan fingerprint density at radius 3 is 3.06 bits per heavy atom. The van der Waals surface area contributed by atoms with Gasteiger partial charge in [0.1, 0.15) is 5.69 Å². The maximum Gasteiger partial charge on any atom is 0.271 e. The number of nitrogens with one attached hydrogen (secondary N) is 1. The summed E-state index contributed by atoms with van der Waals surface area (Å²) in [7, 11) is 0. The molecular formula is C11H11N3O3. The third-order valence-electron chi connectivity index (χ3n) is 2.18. The van der Waals surface area contributed by atoms with E-state index >= 15 is 0 Å². The highest BCUT2D eigenvalue weighted by molar-refractivity contribution is 5.91. The molecule has 0 aromatic carbocycles. The van der Waals surface area contributed by atoms with Crippen LogP contribution < -0.4 is 5.32 Å². The first-order valence-electron chi connectivity index (χ1n) is 5.02. The topological polar surface area (TPSA) is 88.2 Å². The van der Waals surface area contributed by atoms with Gasteiger partial charge < -0.3 is 14.8 Å². The quantitative estimate of drug-likeness (QED) is 0.804. The fourth-order valence-corrected chi connectivity index (χ4v) is 1.28. The molecule has 88 valence electrons. The van der Waals surface area contributed by atoms with Crippen molar-refractivity contribution in [3.63, 3.8) is 0 Å². The van der Waals surface area contributed by atoms with Crippen molar-refractivity contribution in [2.45, 2.75) is 6.10 Å². The average molecular weight is 233 g/mol. The van der Waals surface area contributed by atoms with Gasteiger partial charge in [-0.25, -0.2) is 4.98 Å². The van der Waals surface area contributed by atoms with Crippen LogP contribution in [0.4, 0.5) is 0 Å². The van der Waals surface area contributed by atoms with Crippen molar-refractivity contribution < 1.29 is 14.3 Å². The van der Waals surface area contributed by atoms with Gasteiger partial charge in [0, 0.05) is 24.5 Å². The Hall–Kier alpha value is -2.21. The summed E-state index contributed by atoms with van der Waals surface area (Å²) in [6.45, 7) is 0.0922. The van der Waals surface area contributed by atoms with Crippen molar-refractivity contribution >= 4 is 5.91 Å². The average Bonchev–Trinajstić information content (AvgIpc) is 2.90. The molecule has 0 aliphatic heterocycles. The molecule has 6 nitrogen and oxygen atoms in total. The van der Waals surface area contributed by atoms with Crippen LogP contribution in [0.15, 0.2) is 41.6 Å². The molecule has 1 atom stereocenters. The fraction of sp³-hybridized carbons (Fsp3) is 0.182. The maximum atomic E-state index is 11.6. The first kappa shape index (κ1) is 11.3. The van der Waals surface area contributed by atoms with Gasteiger partial charge in [0.15, 0.2) is 0 Å². The van der Waals surface area contributed by atoms with Crippen molar-refractivity contribution in [1.82, 2.24) is 15.3 Å². The zero-order valence-corrected chi connectivity index (χ0v) is 8.91. The summed E-state index contributed by atoms with van der Waals surface area (Å²) >= 11 is 0. The van der Waals surface area contributed by atoms with Gasteiger partial charge in [0.2, 0.25) is 0 Å². The summed E-state index contributed by atoms with van der Waals surface area (Å²) in [5.74, 6) is -0.374. The monoisotopic (exact) mass is 233 g/mol. The SMILES string of the molecule is O=C(NCC(O)c1ccoc1)c1cnccn1. The molecule has 0 saturated carbocycles. The number of nitrogens with zero attached hydrogens (tertiary/aromatic N) is 2. The molecule has 2 aromatic heterocycles. The molecule has 0 saturated heterocycles. The molecule has 0 bridgehead atoms. The maximum absolute atomic E-state index is 11.6. The summed E-state index contributed by atoms with van der Waals surface area (Å²) in [5.41, 5.74) is 0.830. The first-order chi connectivity index (χ1) is 8.27. The number of aliphatic hydroxyl groups excluding tert-OH is 1. The Balaban J connectivity index is 1.89. The van der Waals surface area contributed by atoms with Crippen LogP contribution in [-0.4, -0.2) is 27.5 Å². The Morgan fingerprint density at radius 2 is 2.41 bits per heavy atom. The van der Waals surface area contributed by atoms with E-state index in [4.69, 9.17) is 4.42 Å². The minimum absolute atomic E-state index is 0.0922. The summed E-state index contributed by atoms with van der Waals surface area (Å²) in [6, 6.07) is 1.64. The van der Waals surface area contributed by atoms with Gasteiger partial charge in [0.25, 0.3) is 5.91 Å². The van der Waals surface area contributed by atoms with Crippen LogP contribution in [0.1, 0.15) is 22.2 Å². The molecule has 17 heavy (non-hydrogen) atoms. The van der Waals surface area contributed by atoms with Crippen LogP contribution in [0.25, 0.3) is 0 Å². The van der Waals surface area contributed by atoms with Gasteiger partial charge in [0.05, 0.1) is 24.8 Å². The van der Waals surface area contributed by atoms with E-state index < -0.39 is 6.10 Å². The smallest absolute Gasteiger partial charge is 0.271 e. The summed E-state index contributed by atoms with van der Waals surface area (Å²) in [6.07, 6.45) is 6.37. The van der Waals surface area contributed by atoms with Crippen molar-refractivity contribution in [3.05, 3.63) is 48.4 Å². The van der Waals surface area contributed by atoms with Gasteiger partial charge in [-0.2, -0.15) is 0 Å². The molecule has 0 aliphatic rings. The number of aromatic nitrogens is 2. The number of rotatable bonds is 4. The van der Waals surface area contributed by atoms with Crippen molar-refractivity contribution in [1.29, 1.82) is 0 Å². The van der Waals surface area contributed by atoms with E-state index in [0.717, 1.165) is 0 Å². The number of aliphatic hydroxyl groups is 1.